The number of fused-ring (bicyclic) bond motifs is 1. The van der Waals surface area contributed by atoms with Gasteiger partial charge in [0.1, 0.15) is 6.04 Å². The van der Waals surface area contributed by atoms with Gasteiger partial charge in [0.2, 0.25) is 11.8 Å². The van der Waals surface area contributed by atoms with Crippen LogP contribution in [0.2, 0.25) is 0 Å². The Morgan fingerprint density at radius 1 is 0.906 bits per heavy atom. The van der Waals surface area contributed by atoms with Gasteiger partial charge in [0.25, 0.3) is 0 Å². The lowest BCUT2D eigenvalue weighted by molar-refractivity contribution is -0.139. The predicted octanol–water partition coefficient (Wildman–Crippen LogP) is 5.15. The summed E-state index contributed by atoms with van der Waals surface area (Å²) in [5, 5.41) is 5.35. The number of aryl methyl sites for hydroxylation is 1. The minimum absolute atomic E-state index is 0.0204. The van der Waals surface area contributed by atoms with Crippen molar-refractivity contribution in [3.8, 4) is 0 Å². The molecule has 0 heterocycles. The molecule has 3 aromatic rings. The molecule has 0 spiro atoms. The number of carbonyl (C=O) groups is 2. The number of hydrogen-bond acceptors (Lipinski definition) is 2. The third kappa shape index (κ3) is 6.43. The van der Waals surface area contributed by atoms with E-state index in [1.54, 1.807) is 4.90 Å². The largest absolute Gasteiger partial charge is 0.354 e. The van der Waals surface area contributed by atoms with Gasteiger partial charge in [-0.1, -0.05) is 86.1 Å². The highest BCUT2D eigenvalue weighted by atomic mass is 16.2. The molecule has 4 nitrogen and oxygen atoms in total. The van der Waals surface area contributed by atoms with Gasteiger partial charge in [-0.05, 0) is 48.1 Å². The minimum Gasteiger partial charge on any atom is -0.354 e. The van der Waals surface area contributed by atoms with E-state index in [1.807, 2.05) is 43.3 Å². The molecule has 1 atom stereocenters. The molecule has 0 aliphatic carbocycles. The standard InChI is InChI=1S/C28H34N2O2/c1-3-4-20-29-28(32)22(2)30(21-19-23-11-6-5-7-12-23)27(31)18-17-25-15-10-14-24-13-8-9-16-26(24)25/h5-16,22H,3-4,17-21H2,1-2H3,(H,29,32)/t22-/m1/s1. The minimum atomic E-state index is -0.490. The molecule has 0 bridgehead atoms. The number of rotatable bonds is 11. The smallest absolute Gasteiger partial charge is 0.242 e. The van der Waals surface area contributed by atoms with Crippen molar-refractivity contribution in [1.82, 2.24) is 10.2 Å². The molecule has 0 saturated carbocycles. The normalized spacial score (nSPS) is 11.8. The highest BCUT2D eigenvalue weighted by molar-refractivity contribution is 5.88. The molecule has 0 aliphatic rings. The van der Waals surface area contributed by atoms with Crippen LogP contribution < -0.4 is 5.32 Å². The fraction of sp³-hybridized carbons (Fsp3) is 0.357. The van der Waals surface area contributed by atoms with Crippen LogP contribution in [0.25, 0.3) is 10.8 Å². The van der Waals surface area contributed by atoms with Crippen LogP contribution in [0, 0.1) is 0 Å². The topological polar surface area (TPSA) is 49.4 Å². The van der Waals surface area contributed by atoms with Crippen molar-refractivity contribution in [3.63, 3.8) is 0 Å². The molecule has 0 unspecified atom stereocenters. The van der Waals surface area contributed by atoms with Crippen molar-refractivity contribution in [3.05, 3.63) is 83.9 Å². The van der Waals surface area contributed by atoms with Gasteiger partial charge in [0.05, 0.1) is 0 Å². The van der Waals surface area contributed by atoms with E-state index in [9.17, 15) is 9.59 Å². The second-order valence-corrected chi connectivity index (χ2v) is 8.28. The number of nitrogens with zero attached hydrogens (tertiary/aromatic N) is 1. The van der Waals surface area contributed by atoms with Gasteiger partial charge in [-0.25, -0.2) is 0 Å². The monoisotopic (exact) mass is 430 g/mol. The molecule has 1 N–H and O–H groups in total. The first-order chi connectivity index (χ1) is 15.6. The molecule has 0 saturated heterocycles. The van der Waals surface area contributed by atoms with E-state index >= 15 is 0 Å². The van der Waals surface area contributed by atoms with Crippen LogP contribution in [0.5, 0.6) is 0 Å². The molecular formula is C28H34N2O2. The van der Waals surface area contributed by atoms with Crippen LogP contribution in [0.15, 0.2) is 72.8 Å². The summed E-state index contributed by atoms with van der Waals surface area (Å²) < 4.78 is 0. The number of benzene rings is 3. The molecule has 2 amide bonds. The summed E-state index contributed by atoms with van der Waals surface area (Å²) in [4.78, 5) is 27.8. The number of carbonyl (C=O) groups excluding carboxylic acids is 2. The van der Waals surface area contributed by atoms with Crippen LogP contribution >= 0.6 is 0 Å². The second kappa shape index (κ2) is 12.0. The van der Waals surface area contributed by atoms with E-state index in [1.165, 1.54) is 16.3 Å². The average molecular weight is 431 g/mol. The van der Waals surface area contributed by atoms with Crippen LogP contribution in [0.4, 0.5) is 0 Å². The van der Waals surface area contributed by atoms with Gasteiger partial charge in [0.15, 0.2) is 0 Å². The van der Waals surface area contributed by atoms with Crippen molar-refractivity contribution in [1.29, 1.82) is 0 Å². The summed E-state index contributed by atoms with van der Waals surface area (Å²) in [6, 6.07) is 24.1. The molecular weight excluding hydrogens is 396 g/mol. The summed E-state index contributed by atoms with van der Waals surface area (Å²) >= 11 is 0. The maximum absolute atomic E-state index is 13.3. The Balaban J connectivity index is 1.70. The number of unbranched alkanes of at least 4 members (excludes halogenated alkanes) is 1. The first-order valence-corrected chi connectivity index (χ1v) is 11.7. The third-order valence-corrected chi connectivity index (χ3v) is 5.97. The predicted molar refractivity (Wildman–Crippen MR) is 132 cm³/mol. The number of hydrogen-bond donors (Lipinski definition) is 1. The van der Waals surface area contributed by atoms with E-state index < -0.39 is 6.04 Å². The summed E-state index contributed by atoms with van der Waals surface area (Å²) in [6.07, 6.45) is 3.74. The lowest BCUT2D eigenvalue weighted by Gasteiger charge is -2.29. The van der Waals surface area contributed by atoms with Gasteiger partial charge < -0.3 is 10.2 Å². The van der Waals surface area contributed by atoms with Crippen LogP contribution in [-0.2, 0) is 22.4 Å². The summed E-state index contributed by atoms with van der Waals surface area (Å²) in [6.45, 7) is 5.11. The molecule has 3 rings (SSSR count). The van der Waals surface area contributed by atoms with Crippen LogP contribution in [-0.4, -0.2) is 35.8 Å². The van der Waals surface area contributed by atoms with Gasteiger partial charge in [-0.3, -0.25) is 9.59 Å². The maximum Gasteiger partial charge on any atom is 0.242 e. The third-order valence-electron chi connectivity index (χ3n) is 5.97. The van der Waals surface area contributed by atoms with Gasteiger partial charge >= 0.3 is 0 Å². The quantitative estimate of drug-likeness (QED) is 0.428. The zero-order valence-electron chi connectivity index (χ0n) is 19.2. The van der Waals surface area contributed by atoms with Crippen molar-refractivity contribution < 1.29 is 9.59 Å². The Morgan fingerprint density at radius 3 is 2.41 bits per heavy atom. The van der Waals surface area contributed by atoms with Gasteiger partial charge in [-0.2, -0.15) is 0 Å². The highest BCUT2D eigenvalue weighted by Gasteiger charge is 2.25. The fourth-order valence-corrected chi connectivity index (χ4v) is 4.00. The Hall–Kier alpha value is -3.14. The van der Waals surface area contributed by atoms with Crippen LogP contribution in [0.1, 0.15) is 44.2 Å². The lowest BCUT2D eigenvalue weighted by Crippen LogP contribution is -2.49. The summed E-state index contributed by atoms with van der Waals surface area (Å²) in [5.41, 5.74) is 2.33. The zero-order chi connectivity index (χ0) is 22.8. The van der Waals surface area contributed by atoms with Gasteiger partial charge in [0, 0.05) is 19.5 Å². The first-order valence-electron chi connectivity index (χ1n) is 11.7. The molecule has 0 fully saturated rings. The average Bonchev–Trinajstić information content (AvgIpc) is 2.83. The summed E-state index contributed by atoms with van der Waals surface area (Å²) in [7, 11) is 0. The molecule has 0 radical (unpaired) electrons. The molecule has 0 aliphatic heterocycles. The maximum atomic E-state index is 13.3. The number of amides is 2. The summed E-state index contributed by atoms with van der Waals surface area (Å²) in [5.74, 6) is -0.0583. The van der Waals surface area contributed by atoms with E-state index in [-0.39, 0.29) is 11.8 Å². The zero-order valence-corrected chi connectivity index (χ0v) is 19.2. The Labute approximate surface area is 191 Å². The molecule has 4 heteroatoms. The molecule has 32 heavy (non-hydrogen) atoms. The molecule has 168 valence electrons. The van der Waals surface area contributed by atoms with E-state index in [0.29, 0.717) is 25.9 Å². The SMILES string of the molecule is CCCCNC(=O)[C@@H](C)N(CCc1ccccc1)C(=O)CCc1cccc2ccccc12. The first kappa shape index (κ1) is 23.5. The second-order valence-electron chi connectivity index (χ2n) is 8.28. The van der Waals surface area contributed by atoms with E-state index in [2.05, 4.69) is 48.6 Å². The van der Waals surface area contributed by atoms with Gasteiger partial charge in [-0.15, -0.1) is 0 Å². The Kier molecular flexibility index (Phi) is 8.85. The molecule has 3 aromatic carbocycles. The van der Waals surface area contributed by atoms with E-state index in [0.717, 1.165) is 24.8 Å². The lowest BCUT2D eigenvalue weighted by atomic mass is 10.0. The van der Waals surface area contributed by atoms with Crippen molar-refractivity contribution >= 4 is 22.6 Å². The molecule has 0 aromatic heterocycles. The van der Waals surface area contributed by atoms with Crippen molar-refractivity contribution in [2.24, 2.45) is 0 Å². The Bertz CT molecular complexity index is 1010. The number of nitrogens with one attached hydrogen (secondary N) is 1. The highest BCUT2D eigenvalue weighted by Crippen LogP contribution is 2.20. The Morgan fingerprint density at radius 2 is 1.62 bits per heavy atom. The fourth-order valence-electron chi connectivity index (χ4n) is 4.00. The van der Waals surface area contributed by atoms with E-state index in [4.69, 9.17) is 0 Å². The van der Waals surface area contributed by atoms with Crippen LogP contribution in [0.3, 0.4) is 0 Å². The van der Waals surface area contributed by atoms with Crippen molar-refractivity contribution in [2.75, 3.05) is 13.1 Å². The van der Waals surface area contributed by atoms with Crippen molar-refractivity contribution in [2.45, 2.75) is 52.0 Å².